The van der Waals surface area contributed by atoms with E-state index in [1.807, 2.05) is 44.3 Å². The van der Waals surface area contributed by atoms with Crippen molar-refractivity contribution in [3.05, 3.63) is 58.8 Å². The van der Waals surface area contributed by atoms with Gasteiger partial charge in [0.15, 0.2) is 0 Å². The van der Waals surface area contributed by atoms with Gasteiger partial charge in [-0.15, -0.1) is 0 Å². The van der Waals surface area contributed by atoms with Crippen LogP contribution in [0.15, 0.2) is 41.5 Å². The number of carbonyl (C=O) groups excluding carboxylic acids is 1. The van der Waals surface area contributed by atoms with E-state index >= 15 is 0 Å². The summed E-state index contributed by atoms with van der Waals surface area (Å²) in [5.41, 5.74) is 10.1. The lowest BCUT2D eigenvalue weighted by atomic mass is 10.0. The lowest BCUT2D eigenvalue weighted by Crippen LogP contribution is -2.27. The molecule has 0 saturated heterocycles. The zero-order valence-corrected chi connectivity index (χ0v) is 18.7. The maximum Gasteiger partial charge on any atom is 0.251 e. The van der Waals surface area contributed by atoms with Crippen LogP contribution in [0.25, 0.3) is 5.57 Å². The van der Waals surface area contributed by atoms with Crippen molar-refractivity contribution >= 4 is 23.5 Å². The highest BCUT2D eigenvalue weighted by Crippen LogP contribution is 2.37. The molecule has 4 N–H and O–H groups in total. The van der Waals surface area contributed by atoms with E-state index in [0.29, 0.717) is 38.5 Å². The van der Waals surface area contributed by atoms with Crippen LogP contribution in [0.5, 0.6) is 5.75 Å². The van der Waals surface area contributed by atoms with Gasteiger partial charge in [0.2, 0.25) is 0 Å². The maximum absolute atomic E-state index is 12.3. The zero-order chi connectivity index (χ0) is 22.8. The van der Waals surface area contributed by atoms with Crippen LogP contribution < -0.4 is 21.1 Å². The molecular weight excluding hydrogens is 406 g/mol. The van der Waals surface area contributed by atoms with Crippen LogP contribution in [-0.2, 0) is 17.7 Å². The van der Waals surface area contributed by atoms with Gasteiger partial charge >= 0.3 is 0 Å². The summed E-state index contributed by atoms with van der Waals surface area (Å²) in [7, 11) is 0. The number of hydrogen-bond donors (Lipinski definition) is 3. The number of allylic oxidation sites excluding steroid dienone is 2. The van der Waals surface area contributed by atoms with Crippen LogP contribution in [0.1, 0.15) is 40.9 Å². The molecule has 0 saturated carbocycles. The van der Waals surface area contributed by atoms with Gasteiger partial charge in [-0.3, -0.25) is 9.79 Å². The summed E-state index contributed by atoms with van der Waals surface area (Å²) in [5.74, 6) is 1.56. The molecule has 3 rings (SSSR count). The molecule has 1 aliphatic rings. The van der Waals surface area contributed by atoms with Crippen LogP contribution in [0.3, 0.4) is 0 Å². The fourth-order valence-electron chi connectivity index (χ4n) is 3.43. The minimum Gasteiger partial charge on any atom is -0.492 e. The van der Waals surface area contributed by atoms with Gasteiger partial charge in [0.05, 0.1) is 19.9 Å². The highest BCUT2D eigenvalue weighted by Gasteiger charge is 2.22. The Morgan fingerprint density at radius 1 is 1.41 bits per heavy atom. The second-order valence-corrected chi connectivity index (χ2v) is 7.30. The monoisotopic (exact) mass is 437 g/mol. The van der Waals surface area contributed by atoms with Gasteiger partial charge in [-0.1, -0.05) is 12.1 Å². The number of amides is 1. The number of nitrogens with zero attached hydrogens (tertiary/aromatic N) is 2. The van der Waals surface area contributed by atoms with Crippen molar-refractivity contribution in [2.45, 2.75) is 26.8 Å². The summed E-state index contributed by atoms with van der Waals surface area (Å²) in [6.45, 7) is 7.00. The fraction of sp³-hybridized carbons (Fsp3) is 0.375. The molecule has 1 amide bonds. The summed E-state index contributed by atoms with van der Waals surface area (Å²) in [5, 5.41) is 6.27. The normalized spacial score (nSPS) is 13.2. The lowest BCUT2D eigenvalue weighted by molar-refractivity contribution is 0.0922. The number of fused-ring (bicyclic) bond motifs is 1. The van der Waals surface area contributed by atoms with E-state index < -0.39 is 0 Å². The average molecular weight is 438 g/mol. The van der Waals surface area contributed by atoms with Gasteiger partial charge in [0.25, 0.3) is 5.91 Å². The number of benzene rings is 1. The largest absolute Gasteiger partial charge is 0.492 e. The molecule has 0 atom stereocenters. The number of anilines is 1. The Kier molecular flexibility index (Phi) is 8.77. The number of aromatic nitrogens is 1. The summed E-state index contributed by atoms with van der Waals surface area (Å²) in [6.07, 6.45) is 6.22. The van der Waals surface area contributed by atoms with Crippen LogP contribution in [0.4, 0.5) is 5.82 Å². The van der Waals surface area contributed by atoms with Crippen LogP contribution in [-0.4, -0.2) is 50.1 Å². The van der Waals surface area contributed by atoms with Gasteiger partial charge in [-0.05, 0) is 43.2 Å². The molecule has 8 nitrogen and oxygen atoms in total. The Balaban J connectivity index is 1.68. The number of carbonyl (C=O) groups is 1. The number of nitrogens with two attached hydrogens (primary N) is 1. The van der Waals surface area contributed by atoms with Gasteiger partial charge in [0.1, 0.15) is 11.6 Å². The Hall–Kier alpha value is -3.23. The SMILES string of the molecule is CCOCCNC(=O)c1cccc(CNc2ncc(/C(C)=C/C=N\CN)c3c2CCO3)c1. The van der Waals surface area contributed by atoms with Gasteiger partial charge in [-0.2, -0.15) is 0 Å². The Morgan fingerprint density at radius 2 is 2.28 bits per heavy atom. The minimum atomic E-state index is -0.108. The molecule has 170 valence electrons. The van der Waals surface area contributed by atoms with E-state index in [2.05, 4.69) is 20.6 Å². The molecule has 0 aliphatic carbocycles. The second kappa shape index (κ2) is 12.0. The number of aliphatic imine (C=N–C) groups is 1. The van der Waals surface area contributed by atoms with Crippen molar-refractivity contribution in [1.82, 2.24) is 10.3 Å². The van der Waals surface area contributed by atoms with E-state index in [4.69, 9.17) is 15.2 Å². The second-order valence-electron chi connectivity index (χ2n) is 7.30. The highest BCUT2D eigenvalue weighted by atomic mass is 16.5. The van der Waals surface area contributed by atoms with Gasteiger partial charge in [-0.25, -0.2) is 4.98 Å². The first kappa shape index (κ1) is 23.4. The summed E-state index contributed by atoms with van der Waals surface area (Å²) < 4.78 is 11.2. The number of nitrogens with one attached hydrogen (secondary N) is 2. The van der Waals surface area contributed by atoms with Crippen molar-refractivity contribution in [2.75, 3.05) is 38.4 Å². The van der Waals surface area contributed by atoms with Gasteiger partial charge < -0.3 is 25.8 Å². The molecule has 1 aromatic carbocycles. The van der Waals surface area contributed by atoms with Crippen molar-refractivity contribution in [3.63, 3.8) is 0 Å². The number of ether oxygens (including phenoxy) is 2. The third kappa shape index (κ3) is 6.15. The molecule has 0 radical (unpaired) electrons. The Morgan fingerprint density at radius 3 is 3.09 bits per heavy atom. The summed E-state index contributed by atoms with van der Waals surface area (Å²) in [4.78, 5) is 21.0. The molecule has 2 heterocycles. The van der Waals surface area contributed by atoms with Crippen LogP contribution in [0.2, 0.25) is 0 Å². The molecule has 0 spiro atoms. The Bertz CT molecular complexity index is 988. The topological polar surface area (TPSA) is 111 Å². The molecule has 2 aromatic rings. The van der Waals surface area contributed by atoms with E-state index in [9.17, 15) is 4.79 Å². The van der Waals surface area contributed by atoms with Crippen LogP contribution >= 0.6 is 0 Å². The fourth-order valence-corrected chi connectivity index (χ4v) is 3.43. The first-order chi connectivity index (χ1) is 15.6. The molecule has 1 aromatic heterocycles. The molecule has 1 aliphatic heterocycles. The predicted molar refractivity (Wildman–Crippen MR) is 127 cm³/mol. The third-order valence-corrected chi connectivity index (χ3v) is 5.07. The average Bonchev–Trinajstić information content (AvgIpc) is 3.30. The Labute approximate surface area is 188 Å². The molecule has 0 bridgehead atoms. The quantitative estimate of drug-likeness (QED) is 0.368. The van der Waals surface area contributed by atoms with E-state index in [1.54, 1.807) is 12.3 Å². The highest BCUT2D eigenvalue weighted by molar-refractivity contribution is 5.94. The predicted octanol–water partition coefficient (Wildman–Crippen LogP) is 2.79. The minimum absolute atomic E-state index is 0.108. The standard InChI is InChI=1S/C24H31N5O3/c1-3-31-12-10-27-24(30)19-6-4-5-18(13-19)14-28-23-20-8-11-32-22(20)21(15-29-23)17(2)7-9-26-16-25/h4-7,9,13,15H,3,8,10-12,14,16,25H2,1-2H3,(H,27,30)(H,28,29)/b17-7+,26-9-. The molecule has 32 heavy (non-hydrogen) atoms. The van der Waals surface area contributed by atoms with Crippen molar-refractivity contribution in [3.8, 4) is 5.75 Å². The van der Waals surface area contributed by atoms with E-state index in [-0.39, 0.29) is 12.6 Å². The van der Waals surface area contributed by atoms with E-state index in [1.165, 1.54) is 0 Å². The van der Waals surface area contributed by atoms with Crippen molar-refractivity contribution < 1.29 is 14.3 Å². The van der Waals surface area contributed by atoms with Crippen molar-refractivity contribution in [1.29, 1.82) is 0 Å². The number of hydrogen-bond acceptors (Lipinski definition) is 7. The number of pyridine rings is 1. The first-order valence-electron chi connectivity index (χ1n) is 10.8. The van der Waals surface area contributed by atoms with E-state index in [0.717, 1.165) is 40.3 Å². The summed E-state index contributed by atoms with van der Waals surface area (Å²) >= 11 is 0. The molecule has 0 fully saturated rings. The third-order valence-electron chi connectivity index (χ3n) is 5.07. The van der Waals surface area contributed by atoms with Gasteiger partial charge in [0, 0.05) is 55.2 Å². The summed E-state index contributed by atoms with van der Waals surface area (Å²) in [6, 6.07) is 7.56. The molecule has 8 heteroatoms. The molecule has 0 unspecified atom stereocenters. The zero-order valence-electron chi connectivity index (χ0n) is 18.7. The lowest BCUT2D eigenvalue weighted by Gasteiger charge is -2.13. The van der Waals surface area contributed by atoms with Crippen LogP contribution in [0, 0.1) is 0 Å². The first-order valence-corrected chi connectivity index (χ1v) is 10.8. The number of rotatable bonds is 11. The maximum atomic E-state index is 12.3. The molecular formula is C24H31N5O3. The smallest absolute Gasteiger partial charge is 0.251 e. The van der Waals surface area contributed by atoms with Crippen molar-refractivity contribution in [2.24, 2.45) is 10.7 Å².